The molecule has 6 heteroatoms. The van der Waals surface area contributed by atoms with Crippen molar-refractivity contribution < 1.29 is 0 Å². The standard InChI is InChI=1S/C13H12BrN3S2/c14-10-3-5-19-12(10)8-15-6-9-7-16-17-13(9)11-2-1-4-18-11/h1-5,7,15H,6,8H2,(H,16,17). The number of nitrogens with zero attached hydrogens (tertiary/aromatic N) is 1. The summed E-state index contributed by atoms with van der Waals surface area (Å²) in [6, 6.07) is 6.24. The van der Waals surface area contributed by atoms with Crippen LogP contribution >= 0.6 is 38.6 Å². The highest BCUT2D eigenvalue weighted by atomic mass is 79.9. The molecular formula is C13H12BrN3S2. The molecule has 3 rings (SSSR count). The van der Waals surface area contributed by atoms with Crippen LogP contribution in [0, 0.1) is 0 Å². The van der Waals surface area contributed by atoms with Crippen LogP contribution in [-0.2, 0) is 13.1 Å². The fourth-order valence-electron chi connectivity index (χ4n) is 1.84. The van der Waals surface area contributed by atoms with Crippen LogP contribution in [0.2, 0.25) is 0 Å². The van der Waals surface area contributed by atoms with Gasteiger partial charge in [0.15, 0.2) is 0 Å². The molecule has 3 heterocycles. The highest BCUT2D eigenvalue weighted by molar-refractivity contribution is 9.10. The fraction of sp³-hybridized carbons (Fsp3) is 0.154. The molecule has 0 unspecified atom stereocenters. The van der Waals surface area contributed by atoms with Gasteiger partial charge in [0, 0.05) is 28.0 Å². The van der Waals surface area contributed by atoms with E-state index in [1.807, 2.05) is 6.20 Å². The predicted molar refractivity (Wildman–Crippen MR) is 84.5 cm³/mol. The highest BCUT2D eigenvalue weighted by Gasteiger charge is 2.08. The van der Waals surface area contributed by atoms with Crippen LogP contribution < -0.4 is 5.32 Å². The van der Waals surface area contributed by atoms with Gasteiger partial charge in [-0.2, -0.15) is 5.10 Å². The van der Waals surface area contributed by atoms with E-state index in [9.17, 15) is 0 Å². The molecule has 98 valence electrons. The number of H-pyrrole nitrogens is 1. The maximum Gasteiger partial charge on any atom is 0.0794 e. The summed E-state index contributed by atoms with van der Waals surface area (Å²) in [6.45, 7) is 1.68. The SMILES string of the molecule is Brc1ccsc1CNCc1cn[nH]c1-c1cccs1. The van der Waals surface area contributed by atoms with Gasteiger partial charge in [-0.15, -0.1) is 22.7 Å². The first-order valence-electron chi connectivity index (χ1n) is 5.83. The van der Waals surface area contributed by atoms with E-state index in [0.29, 0.717) is 0 Å². The lowest BCUT2D eigenvalue weighted by Crippen LogP contribution is -2.12. The Balaban J connectivity index is 1.65. The predicted octanol–water partition coefficient (Wildman–Crippen LogP) is 4.25. The third kappa shape index (κ3) is 2.97. The van der Waals surface area contributed by atoms with E-state index in [0.717, 1.165) is 18.8 Å². The van der Waals surface area contributed by atoms with Crippen molar-refractivity contribution in [3.63, 3.8) is 0 Å². The zero-order chi connectivity index (χ0) is 13.1. The molecule has 0 radical (unpaired) electrons. The molecule has 0 spiro atoms. The molecule has 0 aliphatic carbocycles. The number of aromatic nitrogens is 2. The monoisotopic (exact) mass is 353 g/mol. The molecule has 2 N–H and O–H groups in total. The van der Waals surface area contributed by atoms with Gasteiger partial charge in [-0.3, -0.25) is 5.10 Å². The molecule has 0 amide bonds. The second-order valence-electron chi connectivity index (χ2n) is 4.04. The number of nitrogens with one attached hydrogen (secondary N) is 2. The first-order valence-corrected chi connectivity index (χ1v) is 8.38. The zero-order valence-corrected chi connectivity index (χ0v) is 13.2. The average molecular weight is 354 g/mol. The Morgan fingerprint density at radius 1 is 1.21 bits per heavy atom. The van der Waals surface area contributed by atoms with Gasteiger partial charge in [0.05, 0.1) is 16.8 Å². The number of rotatable bonds is 5. The van der Waals surface area contributed by atoms with Crippen LogP contribution in [0.4, 0.5) is 0 Å². The van der Waals surface area contributed by atoms with E-state index in [1.54, 1.807) is 22.7 Å². The largest absolute Gasteiger partial charge is 0.308 e. The number of aromatic amines is 1. The van der Waals surface area contributed by atoms with Crippen molar-refractivity contribution in [3.05, 3.63) is 50.1 Å². The number of hydrogen-bond acceptors (Lipinski definition) is 4. The Kier molecular flexibility index (Phi) is 4.12. The van der Waals surface area contributed by atoms with Crippen molar-refractivity contribution >= 4 is 38.6 Å². The molecule has 0 bridgehead atoms. The molecule has 0 aliphatic heterocycles. The Labute approximate surface area is 127 Å². The van der Waals surface area contributed by atoms with Gasteiger partial charge < -0.3 is 5.32 Å². The zero-order valence-electron chi connectivity index (χ0n) is 10.0. The van der Waals surface area contributed by atoms with Crippen LogP contribution in [0.3, 0.4) is 0 Å². The first kappa shape index (κ1) is 13.1. The molecule has 19 heavy (non-hydrogen) atoms. The van der Waals surface area contributed by atoms with Gasteiger partial charge in [-0.1, -0.05) is 6.07 Å². The third-order valence-corrected chi connectivity index (χ3v) is 5.59. The van der Waals surface area contributed by atoms with Crippen LogP contribution in [-0.4, -0.2) is 10.2 Å². The molecule has 0 atom stereocenters. The van der Waals surface area contributed by atoms with Crippen molar-refractivity contribution in [1.29, 1.82) is 0 Å². The summed E-state index contributed by atoms with van der Waals surface area (Å²) in [5.41, 5.74) is 2.32. The minimum atomic E-state index is 0.814. The Morgan fingerprint density at radius 3 is 2.89 bits per heavy atom. The molecule has 0 aliphatic rings. The number of thiophene rings is 2. The molecule has 0 aromatic carbocycles. The van der Waals surface area contributed by atoms with E-state index in [2.05, 4.69) is 60.4 Å². The van der Waals surface area contributed by atoms with Crippen molar-refractivity contribution in [2.75, 3.05) is 0 Å². The summed E-state index contributed by atoms with van der Waals surface area (Å²) in [5, 5.41) is 14.9. The van der Waals surface area contributed by atoms with Gasteiger partial charge in [-0.25, -0.2) is 0 Å². The van der Waals surface area contributed by atoms with Gasteiger partial charge in [0.1, 0.15) is 0 Å². The van der Waals surface area contributed by atoms with E-state index >= 15 is 0 Å². The number of hydrogen-bond donors (Lipinski definition) is 2. The minimum Gasteiger partial charge on any atom is -0.308 e. The molecule has 0 saturated carbocycles. The average Bonchev–Trinajstić information content (AvgIpc) is 3.11. The second-order valence-corrected chi connectivity index (χ2v) is 6.85. The fourth-order valence-corrected chi connectivity index (χ4v) is 4.06. The maximum absolute atomic E-state index is 4.15. The first-order chi connectivity index (χ1) is 9.34. The molecule has 0 saturated heterocycles. The smallest absolute Gasteiger partial charge is 0.0794 e. The summed E-state index contributed by atoms with van der Waals surface area (Å²) >= 11 is 7.03. The van der Waals surface area contributed by atoms with E-state index in [-0.39, 0.29) is 0 Å². The van der Waals surface area contributed by atoms with Crippen molar-refractivity contribution in [2.45, 2.75) is 13.1 Å². The molecule has 3 aromatic rings. The molecular weight excluding hydrogens is 342 g/mol. The lowest BCUT2D eigenvalue weighted by atomic mass is 10.2. The summed E-state index contributed by atoms with van der Waals surface area (Å²) in [7, 11) is 0. The van der Waals surface area contributed by atoms with Gasteiger partial charge in [0.2, 0.25) is 0 Å². The maximum atomic E-state index is 4.15. The van der Waals surface area contributed by atoms with Crippen molar-refractivity contribution in [1.82, 2.24) is 15.5 Å². The van der Waals surface area contributed by atoms with Gasteiger partial charge in [-0.05, 0) is 38.8 Å². The van der Waals surface area contributed by atoms with E-state index in [4.69, 9.17) is 0 Å². The van der Waals surface area contributed by atoms with Crippen molar-refractivity contribution in [3.8, 4) is 10.6 Å². The Bertz CT molecular complexity index is 642. The molecule has 3 nitrogen and oxygen atoms in total. The van der Waals surface area contributed by atoms with Crippen LogP contribution in [0.1, 0.15) is 10.4 Å². The Hall–Kier alpha value is -0.950. The third-order valence-electron chi connectivity index (χ3n) is 2.78. The lowest BCUT2D eigenvalue weighted by Gasteiger charge is -2.04. The van der Waals surface area contributed by atoms with Crippen LogP contribution in [0.25, 0.3) is 10.6 Å². The van der Waals surface area contributed by atoms with Crippen LogP contribution in [0.15, 0.2) is 39.6 Å². The normalized spacial score (nSPS) is 11.0. The van der Waals surface area contributed by atoms with Crippen LogP contribution in [0.5, 0.6) is 0 Å². The van der Waals surface area contributed by atoms with E-state index in [1.165, 1.54) is 19.8 Å². The van der Waals surface area contributed by atoms with Gasteiger partial charge >= 0.3 is 0 Å². The summed E-state index contributed by atoms with van der Waals surface area (Å²) in [4.78, 5) is 2.55. The highest BCUT2D eigenvalue weighted by Crippen LogP contribution is 2.26. The Morgan fingerprint density at radius 2 is 2.16 bits per heavy atom. The summed E-state index contributed by atoms with van der Waals surface area (Å²) < 4.78 is 1.18. The molecule has 3 aromatic heterocycles. The van der Waals surface area contributed by atoms with E-state index < -0.39 is 0 Å². The topological polar surface area (TPSA) is 40.7 Å². The van der Waals surface area contributed by atoms with Crippen molar-refractivity contribution in [2.24, 2.45) is 0 Å². The second kappa shape index (κ2) is 6.00. The minimum absolute atomic E-state index is 0.814. The quantitative estimate of drug-likeness (QED) is 0.719. The van der Waals surface area contributed by atoms with Gasteiger partial charge in [0.25, 0.3) is 0 Å². The molecule has 0 fully saturated rings. The summed E-state index contributed by atoms with van der Waals surface area (Å²) in [5.74, 6) is 0. The lowest BCUT2D eigenvalue weighted by molar-refractivity contribution is 0.701. The summed E-state index contributed by atoms with van der Waals surface area (Å²) in [6.07, 6.45) is 1.89. The number of halogens is 1.